The van der Waals surface area contributed by atoms with E-state index in [0.29, 0.717) is 11.1 Å². The lowest BCUT2D eigenvalue weighted by Gasteiger charge is -2.20. The molecular formula is C18H19F3N4O3. The van der Waals surface area contributed by atoms with Gasteiger partial charge in [0, 0.05) is 20.2 Å². The fraction of sp³-hybridized carbons (Fsp3) is 0.278. The van der Waals surface area contributed by atoms with Crippen LogP contribution in [0.2, 0.25) is 0 Å². The van der Waals surface area contributed by atoms with Gasteiger partial charge in [-0.2, -0.15) is 0 Å². The van der Waals surface area contributed by atoms with Gasteiger partial charge in [0.05, 0.1) is 6.04 Å². The molecule has 0 aliphatic carbocycles. The molecule has 0 saturated heterocycles. The van der Waals surface area contributed by atoms with E-state index in [-0.39, 0.29) is 17.4 Å². The number of hydrogen-bond acceptors (Lipinski definition) is 5. The maximum atomic E-state index is 12.6. The van der Waals surface area contributed by atoms with Crippen molar-refractivity contribution in [2.75, 3.05) is 19.0 Å². The third-order valence-corrected chi connectivity index (χ3v) is 3.60. The molecule has 2 rings (SSSR count). The molecule has 1 amide bonds. The van der Waals surface area contributed by atoms with Crippen LogP contribution >= 0.6 is 0 Å². The Morgan fingerprint density at radius 2 is 1.89 bits per heavy atom. The van der Waals surface area contributed by atoms with Gasteiger partial charge >= 0.3 is 6.36 Å². The molecule has 0 fully saturated rings. The van der Waals surface area contributed by atoms with Gasteiger partial charge < -0.3 is 15.0 Å². The first-order valence-corrected chi connectivity index (χ1v) is 8.07. The maximum absolute atomic E-state index is 12.6. The van der Waals surface area contributed by atoms with Gasteiger partial charge in [0.1, 0.15) is 11.4 Å². The number of ether oxygens (including phenoxy) is 1. The minimum atomic E-state index is -4.79. The summed E-state index contributed by atoms with van der Waals surface area (Å²) in [6.07, 6.45) is -4.79. The van der Waals surface area contributed by atoms with Crippen molar-refractivity contribution < 1.29 is 22.7 Å². The normalized spacial score (nSPS) is 12.2. The number of aromatic nitrogens is 2. The molecule has 0 bridgehead atoms. The summed E-state index contributed by atoms with van der Waals surface area (Å²) >= 11 is 0. The number of aromatic amines is 1. The van der Waals surface area contributed by atoms with Crippen molar-refractivity contribution in [2.45, 2.75) is 19.3 Å². The average Bonchev–Trinajstić information content (AvgIpc) is 2.58. The van der Waals surface area contributed by atoms with Gasteiger partial charge in [-0.15, -0.1) is 13.2 Å². The van der Waals surface area contributed by atoms with Crippen molar-refractivity contribution >= 4 is 11.9 Å². The van der Waals surface area contributed by atoms with Crippen LogP contribution in [0.1, 0.15) is 29.0 Å². The Kier molecular flexibility index (Phi) is 6.12. The first-order chi connectivity index (χ1) is 13.0. The van der Waals surface area contributed by atoms with Crippen molar-refractivity contribution in [3.8, 4) is 5.75 Å². The van der Waals surface area contributed by atoms with Gasteiger partial charge in [0.2, 0.25) is 5.95 Å². The van der Waals surface area contributed by atoms with Gasteiger partial charge in [0.15, 0.2) is 0 Å². The van der Waals surface area contributed by atoms with Crippen LogP contribution < -0.4 is 20.5 Å². The highest BCUT2D eigenvalue weighted by atomic mass is 19.4. The third-order valence-electron chi connectivity index (χ3n) is 3.60. The molecule has 2 N–H and O–H groups in total. The molecule has 0 saturated carbocycles. The Hall–Kier alpha value is -3.30. The van der Waals surface area contributed by atoms with E-state index >= 15 is 0 Å². The maximum Gasteiger partial charge on any atom is 0.573 e. The molecule has 1 heterocycles. The zero-order valence-electron chi connectivity index (χ0n) is 15.4. The van der Waals surface area contributed by atoms with Crippen LogP contribution in [0, 0.1) is 0 Å². The summed E-state index contributed by atoms with van der Waals surface area (Å²) in [4.78, 5) is 32.4. The minimum Gasteiger partial charge on any atom is -0.406 e. The van der Waals surface area contributed by atoms with Gasteiger partial charge in [-0.25, -0.2) is 4.98 Å². The van der Waals surface area contributed by atoms with Crippen molar-refractivity contribution in [1.82, 2.24) is 15.3 Å². The predicted octanol–water partition coefficient (Wildman–Crippen LogP) is 2.78. The SMILES string of the molecule is C=C(C)[C@@H](NC(=O)c1cc(=O)[nH]c(N(C)C)n1)c1ccc(OC(F)(F)F)cc1. The number of hydrogen-bond donors (Lipinski definition) is 2. The van der Waals surface area contributed by atoms with Crippen molar-refractivity contribution in [2.24, 2.45) is 0 Å². The number of benzene rings is 1. The molecule has 150 valence electrons. The van der Waals surface area contributed by atoms with E-state index < -0.39 is 23.9 Å². The summed E-state index contributed by atoms with van der Waals surface area (Å²) in [5.74, 6) is -0.800. The molecule has 0 radical (unpaired) electrons. The summed E-state index contributed by atoms with van der Waals surface area (Å²) in [5.41, 5.74) is 0.434. The Morgan fingerprint density at radius 3 is 2.39 bits per heavy atom. The van der Waals surface area contributed by atoms with Gasteiger partial charge in [0.25, 0.3) is 11.5 Å². The number of anilines is 1. The zero-order valence-corrected chi connectivity index (χ0v) is 15.4. The van der Waals surface area contributed by atoms with Crippen molar-refractivity contribution in [3.05, 3.63) is 64.1 Å². The molecule has 0 aliphatic rings. The fourth-order valence-corrected chi connectivity index (χ4v) is 2.33. The summed E-state index contributed by atoms with van der Waals surface area (Å²) < 4.78 is 40.7. The summed E-state index contributed by atoms with van der Waals surface area (Å²) in [7, 11) is 3.31. The van der Waals surface area contributed by atoms with E-state index in [9.17, 15) is 22.8 Å². The number of H-pyrrole nitrogens is 1. The van der Waals surface area contributed by atoms with Gasteiger partial charge in [-0.3, -0.25) is 14.6 Å². The molecule has 0 aliphatic heterocycles. The first-order valence-electron chi connectivity index (χ1n) is 8.07. The fourth-order valence-electron chi connectivity index (χ4n) is 2.33. The molecular weight excluding hydrogens is 377 g/mol. The molecule has 1 aromatic heterocycles. The van der Waals surface area contributed by atoms with E-state index in [1.54, 1.807) is 21.0 Å². The van der Waals surface area contributed by atoms with Crippen LogP contribution in [-0.2, 0) is 0 Å². The van der Waals surface area contributed by atoms with E-state index in [1.807, 2.05) is 0 Å². The molecule has 0 spiro atoms. The topological polar surface area (TPSA) is 87.3 Å². The summed E-state index contributed by atoms with van der Waals surface area (Å²) in [5, 5.41) is 2.67. The number of carbonyl (C=O) groups excluding carboxylic acids is 1. The van der Waals surface area contributed by atoms with Crippen LogP contribution in [0.3, 0.4) is 0 Å². The number of rotatable bonds is 6. The zero-order chi connectivity index (χ0) is 21.1. The lowest BCUT2D eigenvalue weighted by molar-refractivity contribution is -0.274. The smallest absolute Gasteiger partial charge is 0.406 e. The largest absolute Gasteiger partial charge is 0.573 e. The number of amides is 1. The molecule has 28 heavy (non-hydrogen) atoms. The highest BCUT2D eigenvalue weighted by molar-refractivity contribution is 5.93. The minimum absolute atomic E-state index is 0.101. The molecule has 2 aromatic rings. The standard InChI is InChI=1S/C18H19F3N4O3/c1-10(2)15(11-5-7-12(8-6-11)28-18(19,20)21)24-16(27)13-9-14(26)23-17(22-13)25(3)4/h5-9,15H,1H2,2-4H3,(H,24,27)(H,22,23,26)/t15-/m1/s1. The second-order valence-electron chi connectivity index (χ2n) is 6.22. The molecule has 1 aromatic carbocycles. The van der Waals surface area contributed by atoms with Crippen molar-refractivity contribution in [3.63, 3.8) is 0 Å². The predicted molar refractivity (Wildman–Crippen MR) is 97.3 cm³/mol. The second-order valence-corrected chi connectivity index (χ2v) is 6.22. The van der Waals surface area contributed by atoms with E-state index in [1.165, 1.54) is 17.0 Å². The number of alkyl halides is 3. The Labute approximate surface area is 158 Å². The van der Waals surface area contributed by atoms with Crippen LogP contribution in [0.15, 0.2) is 47.3 Å². The molecule has 0 unspecified atom stereocenters. The molecule has 1 atom stereocenters. The number of nitrogens with zero attached hydrogens (tertiary/aromatic N) is 2. The molecule has 7 nitrogen and oxygen atoms in total. The lowest BCUT2D eigenvalue weighted by atomic mass is 10.0. The van der Waals surface area contributed by atoms with Crippen LogP contribution in [0.4, 0.5) is 19.1 Å². The number of halogens is 3. The number of nitrogens with one attached hydrogen (secondary N) is 2. The second kappa shape index (κ2) is 8.15. The Balaban J connectivity index is 2.25. The highest BCUT2D eigenvalue weighted by Crippen LogP contribution is 2.26. The Morgan fingerprint density at radius 1 is 1.29 bits per heavy atom. The van der Waals surface area contributed by atoms with Crippen LogP contribution in [0.5, 0.6) is 5.75 Å². The Bertz CT molecular complexity index is 921. The molecule has 10 heteroatoms. The van der Waals surface area contributed by atoms with Crippen molar-refractivity contribution in [1.29, 1.82) is 0 Å². The quantitative estimate of drug-likeness (QED) is 0.734. The van der Waals surface area contributed by atoms with Gasteiger partial charge in [-0.05, 0) is 24.6 Å². The summed E-state index contributed by atoms with van der Waals surface area (Å²) in [6.45, 7) is 5.46. The lowest BCUT2D eigenvalue weighted by Crippen LogP contribution is -2.31. The van der Waals surface area contributed by atoms with Crippen LogP contribution in [-0.4, -0.2) is 36.3 Å². The highest BCUT2D eigenvalue weighted by Gasteiger charge is 2.31. The van der Waals surface area contributed by atoms with Gasteiger partial charge in [-0.1, -0.05) is 24.3 Å². The van der Waals surface area contributed by atoms with E-state index in [2.05, 4.69) is 26.6 Å². The summed E-state index contributed by atoms with van der Waals surface area (Å²) in [6, 6.07) is 5.41. The van der Waals surface area contributed by atoms with E-state index in [0.717, 1.165) is 18.2 Å². The first kappa shape index (κ1) is 21.0. The monoisotopic (exact) mass is 396 g/mol. The third kappa shape index (κ3) is 5.60. The van der Waals surface area contributed by atoms with Crippen LogP contribution in [0.25, 0.3) is 0 Å². The average molecular weight is 396 g/mol. The number of carbonyl (C=O) groups is 1. The van der Waals surface area contributed by atoms with E-state index in [4.69, 9.17) is 0 Å².